The molecule has 1 atom stereocenters. The molecule has 1 heterocycles. The summed E-state index contributed by atoms with van der Waals surface area (Å²) in [6.07, 6.45) is 0. The van der Waals surface area contributed by atoms with Crippen LogP contribution in [0.15, 0.2) is 72.8 Å². The lowest BCUT2D eigenvalue weighted by Gasteiger charge is -2.37. The van der Waals surface area contributed by atoms with Gasteiger partial charge in [0, 0.05) is 18.7 Å². The molecule has 8 heteroatoms. The number of ether oxygens (including phenoxy) is 1. The van der Waals surface area contributed by atoms with Crippen molar-refractivity contribution in [1.29, 1.82) is 0 Å². The molecular formula is C25H23N3O5. The van der Waals surface area contributed by atoms with Crippen LogP contribution in [-0.4, -0.2) is 34.6 Å². The molecule has 0 bridgehead atoms. The first-order valence-corrected chi connectivity index (χ1v) is 10.4. The zero-order chi connectivity index (χ0) is 23.5. The van der Waals surface area contributed by atoms with Gasteiger partial charge in [0.1, 0.15) is 0 Å². The van der Waals surface area contributed by atoms with Gasteiger partial charge in [-0.3, -0.25) is 10.1 Å². The number of nitro benzene ring substituents is 1. The highest BCUT2D eigenvalue weighted by molar-refractivity contribution is 6.03. The maximum Gasteiger partial charge on any atom is 0.322 e. The Bertz CT molecular complexity index is 1230. The van der Waals surface area contributed by atoms with Gasteiger partial charge in [0.05, 0.1) is 23.3 Å². The van der Waals surface area contributed by atoms with Crippen LogP contribution in [0.2, 0.25) is 0 Å². The van der Waals surface area contributed by atoms with Gasteiger partial charge in [0.25, 0.3) is 0 Å². The monoisotopic (exact) mass is 445 g/mol. The number of nitrogens with zero attached hydrogens (tertiary/aromatic N) is 2. The van der Waals surface area contributed by atoms with E-state index in [1.165, 1.54) is 11.0 Å². The molecule has 1 unspecified atom stereocenters. The van der Waals surface area contributed by atoms with E-state index in [-0.39, 0.29) is 18.4 Å². The average molecular weight is 445 g/mol. The van der Waals surface area contributed by atoms with Crippen molar-refractivity contribution < 1.29 is 19.6 Å². The Morgan fingerprint density at radius 1 is 1.06 bits per heavy atom. The van der Waals surface area contributed by atoms with Crippen molar-refractivity contribution in [2.45, 2.75) is 13.0 Å². The highest BCUT2D eigenvalue weighted by Crippen LogP contribution is 2.46. The average Bonchev–Trinajstić information content (AvgIpc) is 2.83. The number of hydrogen-bond acceptors (Lipinski definition) is 5. The van der Waals surface area contributed by atoms with E-state index in [2.05, 4.69) is 5.32 Å². The molecule has 0 radical (unpaired) electrons. The van der Waals surface area contributed by atoms with E-state index < -0.39 is 22.4 Å². The molecule has 0 fully saturated rings. The smallest absolute Gasteiger partial charge is 0.322 e. The number of hydrogen-bond donors (Lipinski definition) is 2. The van der Waals surface area contributed by atoms with Crippen LogP contribution >= 0.6 is 0 Å². The minimum absolute atomic E-state index is 0.00486. The predicted molar refractivity (Wildman–Crippen MR) is 125 cm³/mol. The van der Waals surface area contributed by atoms with Crippen LogP contribution < -0.4 is 10.1 Å². The summed E-state index contributed by atoms with van der Waals surface area (Å²) in [7, 11) is 1.63. The van der Waals surface area contributed by atoms with Crippen LogP contribution in [-0.2, 0) is 0 Å². The number of carbonyl (C=O) groups is 1. The summed E-state index contributed by atoms with van der Waals surface area (Å²) in [4.78, 5) is 25.5. The molecule has 33 heavy (non-hydrogen) atoms. The van der Waals surface area contributed by atoms with Gasteiger partial charge >= 0.3 is 11.7 Å². The number of benzene rings is 3. The van der Waals surface area contributed by atoms with Crippen molar-refractivity contribution >= 4 is 23.0 Å². The summed E-state index contributed by atoms with van der Waals surface area (Å²) in [5.41, 5.74) is 3.01. The minimum atomic E-state index is -0.671. The van der Waals surface area contributed by atoms with Gasteiger partial charge in [0.2, 0.25) is 5.75 Å². The summed E-state index contributed by atoms with van der Waals surface area (Å²) in [6, 6.07) is 20.8. The van der Waals surface area contributed by atoms with Gasteiger partial charge in [-0.25, -0.2) is 4.79 Å². The lowest BCUT2D eigenvalue weighted by Crippen LogP contribution is -2.44. The Morgan fingerprint density at radius 3 is 2.24 bits per heavy atom. The molecule has 4 rings (SSSR count). The Morgan fingerprint density at radius 2 is 1.67 bits per heavy atom. The van der Waals surface area contributed by atoms with Gasteiger partial charge in [0.15, 0.2) is 5.75 Å². The number of phenolic OH excluding ortho intramolecular Hbond substituents is 1. The second-order valence-corrected chi connectivity index (χ2v) is 7.54. The zero-order valence-corrected chi connectivity index (χ0v) is 18.2. The number of amides is 2. The molecule has 168 valence electrons. The molecule has 2 N–H and O–H groups in total. The Kier molecular flexibility index (Phi) is 5.99. The van der Waals surface area contributed by atoms with E-state index in [0.717, 1.165) is 16.7 Å². The molecule has 0 aliphatic carbocycles. The second-order valence-electron chi connectivity index (χ2n) is 7.54. The van der Waals surface area contributed by atoms with E-state index >= 15 is 0 Å². The van der Waals surface area contributed by atoms with Crippen molar-refractivity contribution in [2.24, 2.45) is 0 Å². The van der Waals surface area contributed by atoms with Crippen molar-refractivity contribution in [3.63, 3.8) is 0 Å². The molecule has 8 nitrogen and oxygen atoms in total. The number of nitrogens with one attached hydrogen (secondary N) is 1. The Balaban J connectivity index is 2.03. The van der Waals surface area contributed by atoms with Crippen LogP contribution in [0.1, 0.15) is 29.7 Å². The van der Waals surface area contributed by atoms with Crippen molar-refractivity contribution in [1.82, 2.24) is 10.2 Å². The normalized spacial score (nSPS) is 15.9. The Hall–Kier alpha value is -4.33. The minimum Gasteiger partial charge on any atom is -0.500 e. The van der Waals surface area contributed by atoms with Gasteiger partial charge in [-0.05, 0) is 29.7 Å². The SMILES string of the molecule is CCOc1cc(C2C(c3ccccc3)=C(c3ccccc3)NC(=O)N2C)cc([N+](=O)[O-])c1O. The molecule has 2 amide bonds. The van der Waals surface area contributed by atoms with Crippen LogP contribution in [0.25, 0.3) is 11.3 Å². The number of rotatable bonds is 6. The molecule has 0 aromatic heterocycles. The van der Waals surface area contributed by atoms with E-state index in [9.17, 15) is 20.0 Å². The van der Waals surface area contributed by atoms with E-state index in [1.54, 1.807) is 20.0 Å². The summed E-state index contributed by atoms with van der Waals surface area (Å²) in [5.74, 6) is -0.545. The van der Waals surface area contributed by atoms with Gasteiger partial charge < -0.3 is 20.1 Å². The third-order valence-electron chi connectivity index (χ3n) is 5.52. The molecule has 3 aromatic rings. The summed E-state index contributed by atoms with van der Waals surface area (Å²) < 4.78 is 5.48. The third kappa shape index (κ3) is 4.10. The first kappa shape index (κ1) is 21.9. The third-order valence-corrected chi connectivity index (χ3v) is 5.52. The zero-order valence-electron chi connectivity index (χ0n) is 18.2. The first-order chi connectivity index (χ1) is 15.9. The molecule has 1 aliphatic heterocycles. The molecule has 3 aromatic carbocycles. The first-order valence-electron chi connectivity index (χ1n) is 10.4. The fourth-order valence-electron chi connectivity index (χ4n) is 4.03. The topological polar surface area (TPSA) is 105 Å². The predicted octanol–water partition coefficient (Wildman–Crippen LogP) is 4.96. The number of carbonyl (C=O) groups excluding carboxylic acids is 1. The van der Waals surface area contributed by atoms with Crippen LogP contribution in [0.4, 0.5) is 10.5 Å². The number of phenols is 1. The summed E-state index contributed by atoms with van der Waals surface area (Å²) >= 11 is 0. The number of likely N-dealkylation sites (N-methyl/N-ethyl adjacent to an activating group) is 1. The standard InChI is InChI=1S/C25H23N3O5/c1-3-33-20-15-18(14-19(24(20)29)28(31)32)23-21(16-10-6-4-7-11-16)22(26-25(30)27(23)2)17-12-8-5-9-13-17/h4-15,23,29H,3H2,1-2H3,(H,26,30). The fraction of sp³-hybridized carbons (Fsp3) is 0.160. The highest BCUT2D eigenvalue weighted by Gasteiger charge is 2.36. The van der Waals surface area contributed by atoms with E-state index in [1.807, 2.05) is 60.7 Å². The fourth-order valence-corrected chi connectivity index (χ4v) is 4.03. The molecular weight excluding hydrogens is 422 g/mol. The molecule has 1 aliphatic rings. The maximum atomic E-state index is 13.0. The van der Waals surface area contributed by atoms with Crippen LogP contribution in [0, 0.1) is 10.1 Å². The number of nitro groups is 1. The van der Waals surface area contributed by atoms with Crippen molar-refractivity contribution in [2.75, 3.05) is 13.7 Å². The molecule has 0 saturated heterocycles. The second kappa shape index (κ2) is 9.04. The van der Waals surface area contributed by atoms with Gasteiger partial charge in [-0.1, -0.05) is 60.7 Å². The van der Waals surface area contributed by atoms with Crippen LogP contribution in [0.5, 0.6) is 11.5 Å². The Labute approximate surface area is 190 Å². The van der Waals surface area contributed by atoms with Gasteiger partial charge in [-0.15, -0.1) is 0 Å². The quantitative estimate of drug-likeness (QED) is 0.412. The van der Waals surface area contributed by atoms with Crippen LogP contribution in [0.3, 0.4) is 0 Å². The summed E-state index contributed by atoms with van der Waals surface area (Å²) in [6.45, 7) is 1.94. The lowest BCUT2D eigenvalue weighted by atomic mass is 9.86. The number of urea groups is 1. The molecule has 0 spiro atoms. The van der Waals surface area contributed by atoms with E-state index in [0.29, 0.717) is 11.3 Å². The van der Waals surface area contributed by atoms with Crippen molar-refractivity contribution in [3.8, 4) is 11.5 Å². The van der Waals surface area contributed by atoms with E-state index in [4.69, 9.17) is 4.74 Å². The summed E-state index contributed by atoms with van der Waals surface area (Å²) in [5, 5.41) is 25.0. The van der Waals surface area contributed by atoms with Gasteiger partial charge in [-0.2, -0.15) is 0 Å². The largest absolute Gasteiger partial charge is 0.500 e. The van der Waals surface area contributed by atoms with Crippen molar-refractivity contribution in [3.05, 3.63) is 99.6 Å². The lowest BCUT2D eigenvalue weighted by molar-refractivity contribution is -0.386. The molecule has 0 saturated carbocycles. The maximum absolute atomic E-state index is 13.0. The highest BCUT2D eigenvalue weighted by atomic mass is 16.6. The number of aromatic hydroxyl groups is 1.